The molecule has 3 aromatic carbocycles. The van der Waals surface area contributed by atoms with Crippen LogP contribution in [0.4, 0.5) is 23.7 Å². The van der Waals surface area contributed by atoms with Crippen LogP contribution in [0.2, 0.25) is 10.0 Å². The number of alkyl halides is 3. The maximum Gasteiger partial charge on any atom is 0.416 e. The highest BCUT2D eigenvalue weighted by Gasteiger charge is 2.36. The molecule has 1 aliphatic heterocycles. The molecule has 36 heavy (non-hydrogen) atoms. The second-order valence-corrected chi connectivity index (χ2v) is 10.0. The summed E-state index contributed by atoms with van der Waals surface area (Å²) in [7, 11) is 2.06. The molecule has 0 spiro atoms. The highest BCUT2D eigenvalue weighted by atomic mass is 35.5. The van der Waals surface area contributed by atoms with Gasteiger partial charge in [-0.1, -0.05) is 59.6 Å². The molecule has 0 atom stereocenters. The molecule has 2 N–H and O–H groups in total. The summed E-state index contributed by atoms with van der Waals surface area (Å²) >= 11 is 12.2. The van der Waals surface area contributed by atoms with Crippen LogP contribution in [-0.4, -0.2) is 37.6 Å². The first-order valence-corrected chi connectivity index (χ1v) is 12.3. The molecule has 2 amide bonds. The van der Waals surface area contributed by atoms with Gasteiger partial charge in [0.2, 0.25) is 0 Å². The van der Waals surface area contributed by atoms with E-state index in [1.807, 2.05) is 36.4 Å². The van der Waals surface area contributed by atoms with Crippen LogP contribution in [0.1, 0.15) is 24.0 Å². The summed E-state index contributed by atoms with van der Waals surface area (Å²) in [6.07, 6.45) is -2.89. The maximum absolute atomic E-state index is 13.1. The summed E-state index contributed by atoms with van der Waals surface area (Å²) in [5, 5.41) is 6.04. The normalized spacial score (nSPS) is 15.9. The van der Waals surface area contributed by atoms with Gasteiger partial charge in [0.1, 0.15) is 0 Å². The van der Waals surface area contributed by atoms with Gasteiger partial charge >= 0.3 is 12.2 Å². The molecule has 4 nitrogen and oxygen atoms in total. The van der Waals surface area contributed by atoms with Crippen LogP contribution in [0.15, 0.2) is 66.7 Å². The van der Waals surface area contributed by atoms with Gasteiger partial charge in [-0.05, 0) is 80.0 Å². The van der Waals surface area contributed by atoms with Crippen LogP contribution in [0.25, 0.3) is 11.1 Å². The molecule has 1 saturated heterocycles. The fraction of sp³-hybridized carbons (Fsp3) is 0.296. The highest BCUT2D eigenvalue weighted by molar-refractivity contribution is 6.33. The van der Waals surface area contributed by atoms with Crippen molar-refractivity contribution < 1.29 is 18.0 Å². The monoisotopic (exact) mass is 535 g/mol. The maximum atomic E-state index is 13.1. The molecule has 190 valence electrons. The molecule has 0 aliphatic carbocycles. The lowest BCUT2D eigenvalue weighted by atomic mass is 9.72. The predicted molar refractivity (Wildman–Crippen MR) is 139 cm³/mol. The van der Waals surface area contributed by atoms with Crippen molar-refractivity contribution in [2.45, 2.75) is 24.4 Å². The average Bonchev–Trinajstić information content (AvgIpc) is 2.85. The molecule has 0 unspecified atom stereocenters. The Morgan fingerprint density at radius 3 is 2.31 bits per heavy atom. The van der Waals surface area contributed by atoms with E-state index in [4.69, 9.17) is 23.2 Å². The lowest BCUT2D eigenvalue weighted by molar-refractivity contribution is -0.137. The van der Waals surface area contributed by atoms with Gasteiger partial charge in [0.25, 0.3) is 0 Å². The fourth-order valence-corrected chi connectivity index (χ4v) is 4.87. The first-order valence-electron chi connectivity index (χ1n) is 11.5. The van der Waals surface area contributed by atoms with E-state index < -0.39 is 17.8 Å². The third kappa shape index (κ3) is 6.14. The van der Waals surface area contributed by atoms with Gasteiger partial charge in [-0.3, -0.25) is 0 Å². The molecule has 4 rings (SSSR count). The Kier molecular flexibility index (Phi) is 7.83. The van der Waals surface area contributed by atoms with E-state index in [1.54, 1.807) is 0 Å². The standard InChI is InChI=1S/C27H26Cl2F3N3O/c1-35-13-11-26(12-14-35,20-7-5-18(6-8-20)19-3-2-4-22(28)15-19)17-33-25(36)34-24-16-21(27(30,31)32)9-10-23(24)29/h2-10,15-16H,11-14,17H2,1H3,(H2,33,34,36). The van der Waals surface area contributed by atoms with Crippen LogP contribution < -0.4 is 10.6 Å². The second kappa shape index (κ2) is 10.7. The van der Waals surface area contributed by atoms with Crippen LogP contribution in [0, 0.1) is 0 Å². The lowest BCUT2D eigenvalue weighted by Gasteiger charge is -2.41. The number of benzene rings is 3. The van der Waals surface area contributed by atoms with Crippen molar-refractivity contribution in [2.75, 3.05) is 32.0 Å². The molecule has 1 heterocycles. The van der Waals surface area contributed by atoms with E-state index in [9.17, 15) is 18.0 Å². The van der Waals surface area contributed by atoms with Gasteiger partial charge in [-0.15, -0.1) is 0 Å². The molecule has 0 radical (unpaired) electrons. The second-order valence-electron chi connectivity index (χ2n) is 9.17. The molecular weight excluding hydrogens is 510 g/mol. The Balaban J connectivity index is 1.51. The largest absolute Gasteiger partial charge is 0.416 e. The molecule has 9 heteroatoms. The Bertz CT molecular complexity index is 1220. The number of carbonyl (C=O) groups is 1. The summed E-state index contributed by atoms with van der Waals surface area (Å²) < 4.78 is 39.2. The summed E-state index contributed by atoms with van der Waals surface area (Å²) in [6, 6.07) is 18.1. The minimum atomic E-state index is -4.53. The number of halogens is 5. The zero-order valence-corrected chi connectivity index (χ0v) is 21.1. The lowest BCUT2D eigenvalue weighted by Crippen LogP contribution is -2.48. The number of hydrogen-bond donors (Lipinski definition) is 2. The zero-order valence-electron chi connectivity index (χ0n) is 19.6. The van der Waals surface area contributed by atoms with Gasteiger partial charge in [0.05, 0.1) is 16.3 Å². The van der Waals surface area contributed by atoms with Crippen LogP contribution in [-0.2, 0) is 11.6 Å². The summed E-state index contributed by atoms with van der Waals surface area (Å²) in [4.78, 5) is 14.9. The number of likely N-dealkylation sites (tertiary alicyclic amines) is 1. The highest BCUT2D eigenvalue weighted by Crippen LogP contribution is 2.37. The number of amides is 2. The van der Waals surface area contributed by atoms with Gasteiger partial charge in [0, 0.05) is 17.0 Å². The molecule has 0 bridgehead atoms. The number of carbonyl (C=O) groups excluding carboxylic acids is 1. The Hall–Kier alpha value is -2.74. The number of urea groups is 1. The van der Waals surface area contributed by atoms with E-state index in [-0.39, 0.29) is 16.1 Å². The van der Waals surface area contributed by atoms with Gasteiger partial charge in [-0.25, -0.2) is 4.79 Å². The molecular formula is C27H26Cl2F3N3O. The van der Waals surface area contributed by atoms with Crippen molar-refractivity contribution >= 4 is 34.9 Å². The predicted octanol–water partition coefficient (Wildman–Crippen LogP) is 7.46. The van der Waals surface area contributed by atoms with Crippen LogP contribution in [0.5, 0.6) is 0 Å². The van der Waals surface area contributed by atoms with Crippen LogP contribution in [0.3, 0.4) is 0 Å². The van der Waals surface area contributed by atoms with E-state index in [2.05, 4.69) is 34.7 Å². The third-order valence-corrected chi connectivity index (χ3v) is 7.29. The number of rotatable bonds is 5. The first-order chi connectivity index (χ1) is 17.1. The Labute approximate surface area is 218 Å². The molecule has 0 saturated carbocycles. The van der Waals surface area contributed by atoms with E-state index in [0.717, 1.165) is 60.8 Å². The van der Waals surface area contributed by atoms with Gasteiger partial charge < -0.3 is 15.5 Å². The Morgan fingerprint density at radius 2 is 1.67 bits per heavy atom. The topological polar surface area (TPSA) is 44.4 Å². The number of hydrogen-bond acceptors (Lipinski definition) is 2. The van der Waals surface area contributed by atoms with Crippen molar-refractivity contribution in [2.24, 2.45) is 0 Å². The third-order valence-electron chi connectivity index (χ3n) is 6.73. The summed E-state index contributed by atoms with van der Waals surface area (Å²) in [5.41, 5.74) is 1.87. The number of piperidine rings is 1. The molecule has 1 aliphatic rings. The zero-order chi connectivity index (χ0) is 25.9. The molecule has 0 aromatic heterocycles. The van der Waals surface area contributed by atoms with Crippen molar-refractivity contribution in [3.05, 3.63) is 87.9 Å². The molecule has 3 aromatic rings. The van der Waals surface area contributed by atoms with Crippen molar-refractivity contribution in [3.63, 3.8) is 0 Å². The molecule has 1 fully saturated rings. The van der Waals surface area contributed by atoms with Crippen molar-refractivity contribution in [3.8, 4) is 11.1 Å². The number of nitrogens with zero attached hydrogens (tertiary/aromatic N) is 1. The van der Waals surface area contributed by atoms with Crippen LogP contribution >= 0.6 is 23.2 Å². The minimum Gasteiger partial charge on any atom is -0.337 e. The van der Waals surface area contributed by atoms with Gasteiger partial charge in [-0.2, -0.15) is 13.2 Å². The van der Waals surface area contributed by atoms with Gasteiger partial charge in [0.15, 0.2) is 0 Å². The van der Waals surface area contributed by atoms with Crippen molar-refractivity contribution in [1.29, 1.82) is 0 Å². The number of nitrogens with one attached hydrogen (secondary N) is 2. The quantitative estimate of drug-likeness (QED) is 0.356. The SMILES string of the molecule is CN1CCC(CNC(=O)Nc2cc(C(F)(F)F)ccc2Cl)(c2ccc(-c3cccc(Cl)c3)cc2)CC1. The fourth-order valence-electron chi connectivity index (χ4n) is 4.51. The summed E-state index contributed by atoms with van der Waals surface area (Å²) in [5.74, 6) is 0. The van der Waals surface area contributed by atoms with E-state index in [1.165, 1.54) is 0 Å². The average molecular weight is 536 g/mol. The Morgan fingerprint density at radius 1 is 0.972 bits per heavy atom. The number of anilines is 1. The smallest absolute Gasteiger partial charge is 0.337 e. The van der Waals surface area contributed by atoms with E-state index >= 15 is 0 Å². The summed E-state index contributed by atoms with van der Waals surface area (Å²) in [6.45, 7) is 2.05. The minimum absolute atomic E-state index is 0.0313. The van der Waals surface area contributed by atoms with E-state index in [0.29, 0.717) is 11.6 Å². The van der Waals surface area contributed by atoms with Crippen molar-refractivity contribution in [1.82, 2.24) is 10.2 Å². The first kappa shape index (κ1) is 26.3.